The van der Waals surface area contributed by atoms with Crippen LogP contribution in [-0.4, -0.2) is 14.2 Å². The van der Waals surface area contributed by atoms with Crippen molar-refractivity contribution in [3.05, 3.63) is 35.4 Å². The summed E-state index contributed by atoms with van der Waals surface area (Å²) in [5, 5.41) is 1.99. The van der Waals surface area contributed by atoms with Crippen molar-refractivity contribution < 1.29 is 17.9 Å². The Morgan fingerprint density at radius 3 is 1.38 bits per heavy atom. The Morgan fingerprint density at radius 2 is 1.10 bits per heavy atom. The lowest BCUT2D eigenvalue weighted by molar-refractivity contribution is 0.413. The Labute approximate surface area is 174 Å². The van der Waals surface area contributed by atoms with Crippen molar-refractivity contribution in [3.63, 3.8) is 0 Å². The van der Waals surface area contributed by atoms with Crippen molar-refractivity contribution in [3.8, 4) is 11.5 Å². The van der Waals surface area contributed by atoms with E-state index in [0.717, 1.165) is 50.7 Å². The molecule has 0 N–H and O–H groups in total. The summed E-state index contributed by atoms with van der Waals surface area (Å²) < 4.78 is 24.4. The van der Waals surface area contributed by atoms with Gasteiger partial charge in [0.2, 0.25) is 8.01 Å². The first-order chi connectivity index (χ1) is 13.5. The molecule has 0 radical (unpaired) electrons. The number of hydrogen-bond acceptors (Lipinski definition) is 4. The number of hydrogen-bond donors (Lipinski definition) is 0. The van der Waals surface area contributed by atoms with Gasteiger partial charge in [0.1, 0.15) is 22.7 Å². The van der Waals surface area contributed by atoms with Crippen LogP contribution in [0.15, 0.2) is 32.7 Å². The lowest BCUT2D eigenvalue weighted by Gasteiger charge is -2.21. The van der Waals surface area contributed by atoms with Gasteiger partial charge in [-0.2, -0.15) is 0 Å². The van der Waals surface area contributed by atoms with Gasteiger partial charge in [0.15, 0.2) is 0 Å². The minimum atomic E-state index is -1.11. The summed E-state index contributed by atoms with van der Waals surface area (Å²) in [6.07, 6.45) is 0.805. The minimum absolute atomic E-state index is 0.108. The Bertz CT molecular complexity index is 998. The molecule has 0 spiro atoms. The van der Waals surface area contributed by atoms with Crippen LogP contribution in [0.1, 0.15) is 59.6 Å². The quantitative estimate of drug-likeness (QED) is 0.435. The highest BCUT2D eigenvalue weighted by Crippen LogP contribution is 2.45. The van der Waals surface area contributed by atoms with E-state index in [4.69, 9.17) is 17.9 Å². The van der Waals surface area contributed by atoms with Crippen LogP contribution in [0, 0.1) is 0 Å². The Kier molecular flexibility index (Phi) is 5.71. The van der Waals surface area contributed by atoms with Gasteiger partial charge in [0.05, 0.1) is 14.2 Å². The summed E-state index contributed by atoms with van der Waals surface area (Å²) in [5.41, 5.74) is 3.79. The molecule has 0 amide bonds. The van der Waals surface area contributed by atoms with Crippen molar-refractivity contribution in [1.82, 2.24) is 0 Å². The lowest BCUT2D eigenvalue weighted by Crippen LogP contribution is -2.12. The Hall–Kier alpha value is -2.06. The fraction of sp³-hybridized carbons (Fsp3) is 0.500. The number of aryl methyl sites for hydroxylation is 1. The van der Waals surface area contributed by atoms with Gasteiger partial charge >= 0.3 is 0 Å². The van der Waals surface area contributed by atoms with E-state index in [9.17, 15) is 0 Å². The molecule has 0 unspecified atom stereocenters. The van der Waals surface area contributed by atoms with Crippen LogP contribution in [0.2, 0.25) is 0 Å². The topological polar surface area (TPSA) is 44.7 Å². The third-order valence-corrected chi connectivity index (χ3v) is 6.44. The minimum Gasteiger partial charge on any atom is -0.497 e. The van der Waals surface area contributed by atoms with Crippen LogP contribution in [0.3, 0.4) is 0 Å². The fourth-order valence-corrected chi connectivity index (χ4v) is 4.60. The predicted octanol–water partition coefficient (Wildman–Crippen LogP) is 7.92. The Morgan fingerprint density at radius 1 is 0.724 bits per heavy atom. The van der Waals surface area contributed by atoms with Crippen LogP contribution in [0.4, 0.5) is 0 Å². The van der Waals surface area contributed by atoms with E-state index in [1.165, 1.54) is 0 Å². The number of fused-ring (bicyclic) bond motifs is 3. The SMILES string of the molecule is CCp1oc2c(C(C)(C)C)cc(OC)cc2c2cc(OC)cc(C(C)(C)C)c2o1. The van der Waals surface area contributed by atoms with Crippen LogP contribution in [0.25, 0.3) is 21.9 Å². The van der Waals surface area contributed by atoms with Crippen LogP contribution >= 0.6 is 8.01 Å². The van der Waals surface area contributed by atoms with Gasteiger partial charge < -0.3 is 17.9 Å². The van der Waals surface area contributed by atoms with Gasteiger partial charge in [-0.1, -0.05) is 48.5 Å². The van der Waals surface area contributed by atoms with Gasteiger partial charge in [-0.05, 0) is 35.1 Å². The van der Waals surface area contributed by atoms with E-state index < -0.39 is 8.01 Å². The maximum Gasteiger partial charge on any atom is 0.216 e. The maximum atomic E-state index is 6.53. The largest absolute Gasteiger partial charge is 0.497 e. The smallest absolute Gasteiger partial charge is 0.216 e. The van der Waals surface area contributed by atoms with Crippen molar-refractivity contribution in [2.24, 2.45) is 0 Å². The zero-order valence-corrected chi connectivity index (χ0v) is 20.0. The fourth-order valence-electron chi connectivity index (χ4n) is 3.50. The van der Waals surface area contributed by atoms with E-state index in [1.54, 1.807) is 14.2 Å². The molecule has 2 aromatic carbocycles. The number of methoxy groups -OCH3 is 2. The van der Waals surface area contributed by atoms with Crippen molar-refractivity contribution in [1.29, 1.82) is 0 Å². The zero-order valence-electron chi connectivity index (χ0n) is 19.1. The lowest BCUT2D eigenvalue weighted by atomic mass is 9.84. The van der Waals surface area contributed by atoms with E-state index in [1.807, 2.05) is 12.1 Å². The molecule has 3 rings (SSSR count). The molecule has 5 heteroatoms. The molecule has 0 aliphatic carbocycles. The second-order valence-electron chi connectivity index (χ2n) is 9.43. The average Bonchev–Trinajstić information content (AvgIpc) is 2.81. The van der Waals surface area contributed by atoms with E-state index in [0.29, 0.717) is 0 Å². The molecule has 1 aromatic heterocycles. The molecule has 0 bridgehead atoms. The van der Waals surface area contributed by atoms with Gasteiger partial charge in [-0.3, -0.25) is 0 Å². The summed E-state index contributed by atoms with van der Waals surface area (Å²) in [7, 11) is 2.30. The average molecular weight is 416 g/mol. The van der Waals surface area contributed by atoms with Crippen LogP contribution in [-0.2, 0) is 17.0 Å². The maximum absolute atomic E-state index is 6.53. The molecule has 0 aliphatic rings. The zero-order chi connectivity index (χ0) is 21.6. The summed E-state index contributed by atoms with van der Waals surface area (Å²) in [6.45, 7) is 15.3. The first kappa shape index (κ1) is 21.6. The van der Waals surface area contributed by atoms with Crippen molar-refractivity contribution >= 4 is 30.0 Å². The third kappa shape index (κ3) is 4.14. The number of rotatable bonds is 3. The number of ether oxygens (including phenoxy) is 2. The van der Waals surface area contributed by atoms with Crippen molar-refractivity contribution in [2.45, 2.75) is 65.5 Å². The van der Waals surface area contributed by atoms with Crippen LogP contribution < -0.4 is 9.47 Å². The molecular weight excluding hydrogens is 383 g/mol. The van der Waals surface area contributed by atoms with Gasteiger partial charge in [-0.15, -0.1) is 0 Å². The van der Waals surface area contributed by atoms with Gasteiger partial charge in [0.25, 0.3) is 0 Å². The van der Waals surface area contributed by atoms with Gasteiger partial charge in [0, 0.05) is 28.1 Å². The predicted molar refractivity (Wildman–Crippen MR) is 123 cm³/mol. The monoisotopic (exact) mass is 416 g/mol. The molecule has 158 valence electrons. The van der Waals surface area contributed by atoms with E-state index >= 15 is 0 Å². The second kappa shape index (κ2) is 7.65. The molecule has 0 atom stereocenters. The summed E-state index contributed by atoms with van der Waals surface area (Å²) in [4.78, 5) is 0. The highest BCUT2D eigenvalue weighted by atomic mass is 31.1. The van der Waals surface area contributed by atoms with Crippen LogP contribution in [0.5, 0.6) is 11.5 Å². The molecular formula is C24H33O4P. The Balaban J connectivity index is 2.69. The molecule has 0 fully saturated rings. The molecule has 0 saturated carbocycles. The van der Waals surface area contributed by atoms with Crippen molar-refractivity contribution in [2.75, 3.05) is 14.2 Å². The van der Waals surface area contributed by atoms with E-state index in [-0.39, 0.29) is 10.8 Å². The summed E-state index contributed by atoms with van der Waals surface area (Å²) in [5.74, 6) is 1.62. The normalized spacial score (nSPS) is 12.4. The molecule has 29 heavy (non-hydrogen) atoms. The van der Waals surface area contributed by atoms with E-state index in [2.05, 4.69) is 60.6 Å². The second-order valence-corrected chi connectivity index (χ2v) is 11.1. The molecule has 4 nitrogen and oxygen atoms in total. The molecule has 3 aromatic rings. The highest BCUT2D eigenvalue weighted by Gasteiger charge is 2.25. The summed E-state index contributed by atoms with van der Waals surface area (Å²) in [6, 6.07) is 8.26. The summed E-state index contributed by atoms with van der Waals surface area (Å²) >= 11 is 0. The molecule has 1 heterocycles. The number of benzene rings is 2. The molecule has 0 aliphatic heterocycles. The highest BCUT2D eigenvalue weighted by molar-refractivity contribution is 7.36. The standard InChI is InChI=1S/C24H33O4P/c1-10-29-27-21-17(11-15(25-8)13-19(21)23(2,3)4)18-12-16(26-9)14-20(22(18)28-29)24(5,6)7/h11-14H,10H2,1-9H3. The van der Waals surface area contributed by atoms with Gasteiger partial charge in [-0.25, -0.2) is 0 Å². The first-order valence-electron chi connectivity index (χ1n) is 10.1. The first-order valence-corrected chi connectivity index (χ1v) is 11.4. The molecule has 0 saturated heterocycles. The third-order valence-electron chi connectivity index (χ3n) is 5.15.